The molecule has 0 aliphatic carbocycles. The Labute approximate surface area is 153 Å². The van der Waals surface area contributed by atoms with Gasteiger partial charge in [-0.1, -0.05) is 18.2 Å². The maximum atomic E-state index is 12.6. The highest BCUT2D eigenvalue weighted by Gasteiger charge is 2.19. The van der Waals surface area contributed by atoms with Gasteiger partial charge in [-0.2, -0.15) is 0 Å². The summed E-state index contributed by atoms with van der Waals surface area (Å²) in [5.74, 6) is 0. The lowest BCUT2D eigenvalue weighted by atomic mass is 10.0. The Morgan fingerprint density at radius 1 is 1.15 bits per heavy atom. The number of morpholine rings is 1. The van der Waals surface area contributed by atoms with E-state index >= 15 is 0 Å². The van der Waals surface area contributed by atoms with Crippen LogP contribution in [0.4, 0.5) is 10.5 Å². The molecule has 3 aromatic rings. The lowest BCUT2D eigenvalue weighted by molar-refractivity contribution is 0.0564. The smallest absolute Gasteiger partial charge is 0.322 e. The molecular weight excluding hydrogens is 326 g/mol. The van der Waals surface area contributed by atoms with Gasteiger partial charge in [0, 0.05) is 41.6 Å². The lowest BCUT2D eigenvalue weighted by Crippen LogP contribution is -2.43. The van der Waals surface area contributed by atoms with Gasteiger partial charge in [0.2, 0.25) is 0 Å². The lowest BCUT2D eigenvalue weighted by Gasteiger charge is -2.27. The first-order valence-electron chi connectivity index (χ1n) is 9.26. The number of amides is 2. The number of hydrogen-bond donors (Lipinski definition) is 1. The maximum absolute atomic E-state index is 12.6. The zero-order valence-electron chi connectivity index (χ0n) is 15.6. The molecule has 1 fully saturated rings. The van der Waals surface area contributed by atoms with E-state index in [0.29, 0.717) is 26.3 Å². The third-order valence-corrected chi connectivity index (χ3v) is 5.37. The quantitative estimate of drug-likeness (QED) is 0.748. The van der Waals surface area contributed by atoms with E-state index in [1.807, 2.05) is 11.0 Å². The molecule has 1 aliphatic rings. The minimum Gasteiger partial charge on any atom is -0.378 e. The van der Waals surface area contributed by atoms with E-state index in [0.717, 1.165) is 17.8 Å². The second-order valence-corrected chi connectivity index (χ2v) is 6.88. The van der Waals surface area contributed by atoms with Crippen molar-refractivity contribution in [2.75, 3.05) is 31.6 Å². The van der Waals surface area contributed by atoms with Crippen molar-refractivity contribution in [3.05, 3.63) is 41.5 Å². The number of anilines is 1. The van der Waals surface area contributed by atoms with Gasteiger partial charge in [0.1, 0.15) is 0 Å². The highest BCUT2D eigenvalue weighted by Crippen LogP contribution is 2.36. The van der Waals surface area contributed by atoms with E-state index in [1.54, 1.807) is 0 Å². The molecule has 4 rings (SSSR count). The van der Waals surface area contributed by atoms with Crippen LogP contribution in [0, 0.1) is 13.8 Å². The average Bonchev–Trinajstić information content (AvgIpc) is 3.00. The molecule has 1 N–H and O–H groups in total. The molecule has 0 atom stereocenters. The van der Waals surface area contributed by atoms with Gasteiger partial charge in [-0.3, -0.25) is 0 Å². The molecule has 26 heavy (non-hydrogen) atoms. The minimum absolute atomic E-state index is 0.0499. The third kappa shape index (κ3) is 2.63. The third-order valence-electron chi connectivity index (χ3n) is 5.37. The summed E-state index contributed by atoms with van der Waals surface area (Å²) < 4.78 is 7.69. The summed E-state index contributed by atoms with van der Waals surface area (Å²) in [6, 6.07) is 10.5. The molecule has 1 aromatic heterocycles. The number of aromatic nitrogens is 1. The number of nitrogens with zero attached hydrogens (tertiary/aromatic N) is 2. The van der Waals surface area contributed by atoms with Crippen molar-refractivity contribution in [2.24, 2.45) is 0 Å². The van der Waals surface area contributed by atoms with Crippen molar-refractivity contribution < 1.29 is 9.53 Å². The number of benzene rings is 2. The zero-order chi connectivity index (χ0) is 18.3. The summed E-state index contributed by atoms with van der Waals surface area (Å²) in [7, 11) is 0. The molecule has 136 valence electrons. The summed E-state index contributed by atoms with van der Waals surface area (Å²) in [4.78, 5) is 14.4. The molecule has 2 amide bonds. The van der Waals surface area contributed by atoms with E-state index in [4.69, 9.17) is 4.74 Å². The molecule has 2 aromatic carbocycles. The van der Waals surface area contributed by atoms with E-state index in [1.165, 1.54) is 27.4 Å². The molecule has 5 nitrogen and oxygen atoms in total. The molecule has 1 aliphatic heterocycles. The average molecular weight is 351 g/mol. The Bertz CT molecular complexity index is 984. The van der Waals surface area contributed by atoms with Gasteiger partial charge >= 0.3 is 6.03 Å². The fraction of sp³-hybridized carbons (Fsp3) is 0.381. The Morgan fingerprint density at radius 3 is 2.65 bits per heavy atom. The van der Waals surface area contributed by atoms with E-state index in [2.05, 4.69) is 54.9 Å². The Morgan fingerprint density at radius 2 is 1.92 bits per heavy atom. The number of para-hydroxylation sites is 1. The Balaban J connectivity index is 1.81. The van der Waals surface area contributed by atoms with Gasteiger partial charge < -0.3 is 19.5 Å². The van der Waals surface area contributed by atoms with E-state index in [-0.39, 0.29) is 6.03 Å². The molecule has 1 saturated heterocycles. The van der Waals surface area contributed by atoms with Crippen molar-refractivity contribution in [3.8, 4) is 0 Å². The molecule has 5 heteroatoms. The fourth-order valence-electron chi connectivity index (χ4n) is 4.03. The van der Waals surface area contributed by atoms with Crippen molar-refractivity contribution in [1.29, 1.82) is 0 Å². The van der Waals surface area contributed by atoms with Gasteiger partial charge in [0.25, 0.3) is 0 Å². The van der Waals surface area contributed by atoms with Crippen LogP contribution in [0.1, 0.15) is 18.1 Å². The van der Waals surface area contributed by atoms with Gasteiger partial charge in [0.05, 0.1) is 18.7 Å². The second kappa shape index (κ2) is 6.65. The number of carbonyl (C=O) groups is 1. The first-order chi connectivity index (χ1) is 12.6. The number of aryl methyl sites for hydroxylation is 3. The predicted octanol–water partition coefficient (Wildman–Crippen LogP) is 4.30. The zero-order valence-corrected chi connectivity index (χ0v) is 15.6. The molecular formula is C21H25N3O2. The normalized spacial score (nSPS) is 15.0. The van der Waals surface area contributed by atoms with Crippen molar-refractivity contribution >= 4 is 33.5 Å². The number of carbonyl (C=O) groups excluding carboxylic acids is 1. The summed E-state index contributed by atoms with van der Waals surface area (Å²) in [6.07, 6.45) is 0. The van der Waals surface area contributed by atoms with Crippen molar-refractivity contribution in [3.63, 3.8) is 0 Å². The summed E-state index contributed by atoms with van der Waals surface area (Å²) >= 11 is 0. The predicted molar refractivity (Wildman–Crippen MR) is 106 cm³/mol. The molecule has 2 heterocycles. The Hall–Kier alpha value is -2.53. The maximum Gasteiger partial charge on any atom is 0.322 e. The topological polar surface area (TPSA) is 46.5 Å². The second-order valence-electron chi connectivity index (χ2n) is 6.88. The number of urea groups is 1. The van der Waals surface area contributed by atoms with Gasteiger partial charge in [-0.15, -0.1) is 0 Å². The van der Waals surface area contributed by atoms with Crippen LogP contribution in [0.3, 0.4) is 0 Å². The monoisotopic (exact) mass is 351 g/mol. The van der Waals surface area contributed by atoms with Crippen LogP contribution in [0.25, 0.3) is 21.8 Å². The van der Waals surface area contributed by atoms with Crippen LogP contribution < -0.4 is 5.32 Å². The first kappa shape index (κ1) is 16.9. The Kier molecular flexibility index (Phi) is 4.32. The summed E-state index contributed by atoms with van der Waals surface area (Å²) in [5.41, 5.74) is 5.78. The highest BCUT2D eigenvalue weighted by atomic mass is 16.5. The van der Waals surface area contributed by atoms with E-state index < -0.39 is 0 Å². The highest BCUT2D eigenvalue weighted by molar-refractivity contribution is 6.12. The van der Waals surface area contributed by atoms with Crippen LogP contribution in [-0.2, 0) is 11.3 Å². The first-order valence-corrected chi connectivity index (χ1v) is 9.26. The number of rotatable bonds is 2. The number of hydrogen-bond acceptors (Lipinski definition) is 2. The summed E-state index contributed by atoms with van der Waals surface area (Å²) in [6.45, 7) is 9.84. The van der Waals surface area contributed by atoms with Gasteiger partial charge in [-0.25, -0.2) is 4.79 Å². The van der Waals surface area contributed by atoms with Crippen LogP contribution >= 0.6 is 0 Å². The fourth-order valence-corrected chi connectivity index (χ4v) is 4.03. The standard InChI is InChI=1S/C21H25N3O2/c1-4-24-18-9-8-17(22-21(25)23-10-12-26-13-11-23)15(3)19(18)16-7-5-6-14(2)20(16)24/h5-9H,4,10-13H2,1-3H3,(H,22,25). The molecule has 0 saturated carbocycles. The molecule has 0 spiro atoms. The minimum atomic E-state index is -0.0499. The van der Waals surface area contributed by atoms with Crippen LogP contribution in [0.15, 0.2) is 30.3 Å². The number of ether oxygens (including phenoxy) is 1. The number of fused-ring (bicyclic) bond motifs is 3. The summed E-state index contributed by atoms with van der Waals surface area (Å²) in [5, 5.41) is 5.58. The number of nitrogens with one attached hydrogen (secondary N) is 1. The largest absolute Gasteiger partial charge is 0.378 e. The van der Waals surface area contributed by atoms with Crippen LogP contribution in [-0.4, -0.2) is 41.8 Å². The molecule has 0 bridgehead atoms. The van der Waals surface area contributed by atoms with Crippen LogP contribution in [0.2, 0.25) is 0 Å². The van der Waals surface area contributed by atoms with Crippen LogP contribution in [0.5, 0.6) is 0 Å². The van der Waals surface area contributed by atoms with Gasteiger partial charge in [-0.05, 0) is 44.0 Å². The SMILES string of the molecule is CCn1c2ccc(NC(=O)N3CCOCC3)c(C)c2c2cccc(C)c21. The molecule has 0 radical (unpaired) electrons. The molecule has 0 unspecified atom stereocenters. The van der Waals surface area contributed by atoms with Gasteiger partial charge in [0.15, 0.2) is 0 Å². The van der Waals surface area contributed by atoms with Crippen molar-refractivity contribution in [2.45, 2.75) is 27.3 Å². The van der Waals surface area contributed by atoms with E-state index in [9.17, 15) is 4.79 Å². The van der Waals surface area contributed by atoms with Crippen molar-refractivity contribution in [1.82, 2.24) is 9.47 Å².